The van der Waals surface area contributed by atoms with Crippen LogP contribution in [0.4, 0.5) is 4.39 Å². The zero-order valence-electron chi connectivity index (χ0n) is 12.9. The van der Waals surface area contributed by atoms with Crippen molar-refractivity contribution in [2.45, 2.75) is 6.61 Å². The molecule has 0 heterocycles. The number of halogens is 1. The van der Waals surface area contributed by atoms with Gasteiger partial charge in [0.1, 0.15) is 12.4 Å². The van der Waals surface area contributed by atoms with Crippen molar-refractivity contribution in [1.82, 2.24) is 0 Å². The molecule has 2 aromatic rings. The van der Waals surface area contributed by atoms with E-state index in [0.717, 1.165) is 11.1 Å². The highest BCUT2D eigenvalue weighted by Crippen LogP contribution is 2.29. The molecule has 0 radical (unpaired) electrons. The average Bonchev–Trinajstić information content (AvgIpc) is 2.59. The van der Waals surface area contributed by atoms with Crippen LogP contribution >= 0.6 is 0 Å². The Balaban J connectivity index is 2.08. The highest BCUT2D eigenvalue weighted by Gasteiger charge is 2.06. The lowest BCUT2D eigenvalue weighted by atomic mass is 10.2. The van der Waals surface area contributed by atoms with Crippen molar-refractivity contribution in [2.75, 3.05) is 14.2 Å². The number of rotatable bonds is 6. The molecule has 0 aliphatic heterocycles. The Kier molecular flexibility index (Phi) is 5.74. The fraction of sp³-hybridized carbons (Fsp3) is 0.167. The summed E-state index contributed by atoms with van der Waals surface area (Å²) < 4.78 is 28.4. The van der Waals surface area contributed by atoms with E-state index in [1.54, 1.807) is 36.4 Å². The van der Waals surface area contributed by atoms with E-state index in [0.29, 0.717) is 18.1 Å². The topological polar surface area (TPSA) is 44.8 Å². The van der Waals surface area contributed by atoms with Crippen molar-refractivity contribution in [1.29, 1.82) is 0 Å². The zero-order valence-corrected chi connectivity index (χ0v) is 12.9. The van der Waals surface area contributed by atoms with Gasteiger partial charge in [-0.3, -0.25) is 0 Å². The summed E-state index contributed by atoms with van der Waals surface area (Å²) in [7, 11) is 2.85. The third kappa shape index (κ3) is 4.85. The third-order valence-corrected chi connectivity index (χ3v) is 3.11. The molecule has 4 nitrogen and oxygen atoms in total. The fourth-order valence-electron chi connectivity index (χ4n) is 1.88. The summed E-state index contributed by atoms with van der Waals surface area (Å²) in [6, 6.07) is 11.4. The quantitative estimate of drug-likeness (QED) is 0.603. The highest BCUT2D eigenvalue weighted by atomic mass is 19.1. The molecular formula is C18H17FO4. The lowest BCUT2D eigenvalue weighted by Crippen LogP contribution is -1.98. The first-order valence-corrected chi connectivity index (χ1v) is 6.93. The van der Waals surface area contributed by atoms with E-state index in [4.69, 9.17) is 9.47 Å². The van der Waals surface area contributed by atoms with Crippen LogP contribution in [0.1, 0.15) is 11.1 Å². The first-order valence-electron chi connectivity index (χ1n) is 6.93. The fourth-order valence-corrected chi connectivity index (χ4v) is 1.88. The lowest BCUT2D eigenvalue weighted by molar-refractivity contribution is -0.134. The molecule has 5 heteroatoms. The van der Waals surface area contributed by atoms with E-state index in [1.165, 1.54) is 32.4 Å². The van der Waals surface area contributed by atoms with Gasteiger partial charge in [0.25, 0.3) is 0 Å². The monoisotopic (exact) mass is 316 g/mol. The Labute approximate surface area is 134 Å². The third-order valence-electron chi connectivity index (χ3n) is 3.11. The van der Waals surface area contributed by atoms with E-state index in [9.17, 15) is 9.18 Å². The van der Waals surface area contributed by atoms with Gasteiger partial charge < -0.3 is 14.2 Å². The van der Waals surface area contributed by atoms with Crippen LogP contribution in [0.2, 0.25) is 0 Å². The maximum absolute atomic E-state index is 12.9. The minimum absolute atomic E-state index is 0.284. The molecule has 0 aliphatic carbocycles. The van der Waals surface area contributed by atoms with Crippen LogP contribution < -0.4 is 9.47 Å². The van der Waals surface area contributed by atoms with E-state index in [-0.39, 0.29) is 5.82 Å². The highest BCUT2D eigenvalue weighted by molar-refractivity contribution is 5.87. The van der Waals surface area contributed by atoms with Gasteiger partial charge in [-0.25, -0.2) is 9.18 Å². The Morgan fingerprint density at radius 1 is 1.09 bits per heavy atom. The van der Waals surface area contributed by atoms with E-state index < -0.39 is 5.97 Å². The predicted molar refractivity (Wildman–Crippen MR) is 84.8 cm³/mol. The largest absolute Gasteiger partial charge is 0.493 e. The number of benzene rings is 2. The molecule has 0 spiro atoms. The maximum Gasteiger partial charge on any atom is 0.330 e. The smallest absolute Gasteiger partial charge is 0.330 e. The van der Waals surface area contributed by atoms with Gasteiger partial charge in [-0.1, -0.05) is 18.2 Å². The molecule has 0 aromatic heterocycles. The van der Waals surface area contributed by atoms with Crippen molar-refractivity contribution in [3.05, 3.63) is 65.5 Å². The number of esters is 1. The second-order valence-electron chi connectivity index (χ2n) is 4.68. The molecule has 0 N–H and O–H groups in total. The van der Waals surface area contributed by atoms with Gasteiger partial charge in [-0.05, 0) is 41.5 Å². The van der Waals surface area contributed by atoms with Gasteiger partial charge in [-0.15, -0.1) is 0 Å². The first-order chi connectivity index (χ1) is 11.1. The van der Waals surface area contributed by atoms with Crippen LogP contribution in [0.3, 0.4) is 0 Å². The van der Waals surface area contributed by atoms with Crippen molar-refractivity contribution < 1.29 is 23.4 Å². The molecule has 0 saturated carbocycles. The van der Waals surface area contributed by atoms with E-state index in [2.05, 4.69) is 4.74 Å². The Morgan fingerprint density at radius 3 is 2.48 bits per heavy atom. The van der Waals surface area contributed by atoms with Crippen LogP contribution in [0.5, 0.6) is 11.5 Å². The van der Waals surface area contributed by atoms with Crippen LogP contribution in [0, 0.1) is 5.82 Å². The molecular weight excluding hydrogens is 299 g/mol. The van der Waals surface area contributed by atoms with Gasteiger partial charge in [0.2, 0.25) is 0 Å². The Hall–Kier alpha value is -2.82. The molecule has 23 heavy (non-hydrogen) atoms. The standard InChI is InChI=1S/C18H17FO4/c1-21-17-11-13(6-10-18(20)22-2)5-9-16(17)23-12-14-3-7-15(19)8-4-14/h3-11H,12H2,1-2H3/b10-6+. The summed E-state index contributed by atoms with van der Waals surface area (Å²) in [5.74, 6) is 0.389. The van der Waals surface area contributed by atoms with Crippen LogP contribution in [-0.2, 0) is 16.1 Å². The number of methoxy groups -OCH3 is 2. The molecule has 0 amide bonds. The normalized spacial score (nSPS) is 10.6. The Morgan fingerprint density at radius 2 is 1.83 bits per heavy atom. The van der Waals surface area contributed by atoms with Crippen LogP contribution in [0.15, 0.2) is 48.5 Å². The predicted octanol–water partition coefficient (Wildman–Crippen LogP) is 3.60. The van der Waals surface area contributed by atoms with Crippen molar-refractivity contribution in [3.63, 3.8) is 0 Å². The molecule has 0 fully saturated rings. The van der Waals surface area contributed by atoms with Crippen molar-refractivity contribution >= 4 is 12.0 Å². The van der Waals surface area contributed by atoms with Gasteiger partial charge in [0, 0.05) is 6.08 Å². The molecule has 0 atom stereocenters. The summed E-state index contributed by atoms with van der Waals surface area (Å²) in [4.78, 5) is 11.1. The molecule has 120 valence electrons. The molecule has 0 unspecified atom stereocenters. The number of hydrogen-bond acceptors (Lipinski definition) is 4. The number of hydrogen-bond donors (Lipinski definition) is 0. The van der Waals surface area contributed by atoms with Gasteiger partial charge >= 0.3 is 5.97 Å². The summed E-state index contributed by atoms with van der Waals surface area (Å²) in [5.41, 5.74) is 1.63. The number of carbonyl (C=O) groups excluding carboxylic acids is 1. The molecule has 0 saturated heterocycles. The lowest BCUT2D eigenvalue weighted by Gasteiger charge is -2.11. The second-order valence-corrected chi connectivity index (χ2v) is 4.68. The number of ether oxygens (including phenoxy) is 3. The molecule has 0 aliphatic rings. The second kappa shape index (κ2) is 7.98. The summed E-state index contributed by atoms with van der Waals surface area (Å²) in [5, 5.41) is 0. The van der Waals surface area contributed by atoms with E-state index in [1.807, 2.05) is 0 Å². The zero-order chi connectivity index (χ0) is 16.7. The van der Waals surface area contributed by atoms with Gasteiger partial charge in [-0.2, -0.15) is 0 Å². The minimum Gasteiger partial charge on any atom is -0.493 e. The van der Waals surface area contributed by atoms with Crippen molar-refractivity contribution in [2.24, 2.45) is 0 Å². The van der Waals surface area contributed by atoms with E-state index >= 15 is 0 Å². The Bertz CT molecular complexity index is 693. The van der Waals surface area contributed by atoms with Gasteiger partial charge in [0.15, 0.2) is 11.5 Å². The van der Waals surface area contributed by atoms with Crippen LogP contribution in [-0.4, -0.2) is 20.2 Å². The molecule has 2 rings (SSSR count). The maximum atomic E-state index is 12.9. The van der Waals surface area contributed by atoms with Gasteiger partial charge in [0.05, 0.1) is 14.2 Å². The average molecular weight is 316 g/mol. The van der Waals surface area contributed by atoms with Crippen molar-refractivity contribution in [3.8, 4) is 11.5 Å². The SMILES string of the molecule is COC(=O)/C=C/c1ccc(OCc2ccc(F)cc2)c(OC)c1. The molecule has 2 aromatic carbocycles. The first kappa shape index (κ1) is 16.5. The summed E-state index contributed by atoms with van der Waals surface area (Å²) in [6.07, 6.45) is 2.95. The number of carbonyl (C=O) groups is 1. The summed E-state index contributed by atoms with van der Waals surface area (Å²) in [6.45, 7) is 0.300. The summed E-state index contributed by atoms with van der Waals surface area (Å²) >= 11 is 0. The minimum atomic E-state index is -0.430. The van der Waals surface area contributed by atoms with Crippen LogP contribution in [0.25, 0.3) is 6.08 Å². The molecule has 0 bridgehead atoms.